The third-order valence-electron chi connectivity index (χ3n) is 5.86. The normalized spacial score (nSPS) is 20.2. The SMILES string of the molecule is COc1cccc(NC(=O)c2ccc(N3C(=O)[C@H]4CC=C(C)C[C@H]4C3=O)cc2)c1OC. The summed E-state index contributed by atoms with van der Waals surface area (Å²) in [6.07, 6.45) is 3.26. The molecule has 2 aromatic rings. The van der Waals surface area contributed by atoms with Crippen molar-refractivity contribution < 1.29 is 23.9 Å². The quantitative estimate of drug-likeness (QED) is 0.587. The van der Waals surface area contributed by atoms with Crippen LogP contribution in [0.4, 0.5) is 11.4 Å². The number of nitrogens with zero attached hydrogens (tertiary/aromatic N) is 1. The van der Waals surface area contributed by atoms with E-state index in [-0.39, 0.29) is 29.6 Å². The summed E-state index contributed by atoms with van der Waals surface area (Å²) in [6, 6.07) is 11.7. The van der Waals surface area contributed by atoms with Crippen LogP contribution in [0, 0.1) is 11.8 Å². The first kappa shape index (κ1) is 20.7. The summed E-state index contributed by atoms with van der Waals surface area (Å²) in [5.41, 5.74) is 2.50. The van der Waals surface area contributed by atoms with E-state index in [4.69, 9.17) is 9.47 Å². The van der Waals surface area contributed by atoms with E-state index in [1.54, 1.807) is 42.5 Å². The third kappa shape index (κ3) is 3.67. The molecule has 1 aliphatic heterocycles. The van der Waals surface area contributed by atoms with Crippen molar-refractivity contribution in [1.29, 1.82) is 0 Å². The van der Waals surface area contributed by atoms with Gasteiger partial charge in [-0.1, -0.05) is 17.7 Å². The summed E-state index contributed by atoms with van der Waals surface area (Å²) in [7, 11) is 3.03. The summed E-state index contributed by atoms with van der Waals surface area (Å²) in [5, 5.41) is 2.81. The van der Waals surface area contributed by atoms with Crippen LogP contribution < -0.4 is 19.7 Å². The lowest BCUT2D eigenvalue weighted by atomic mass is 9.82. The van der Waals surface area contributed by atoms with Crippen LogP contribution >= 0.6 is 0 Å². The molecule has 0 spiro atoms. The van der Waals surface area contributed by atoms with Gasteiger partial charge in [0, 0.05) is 5.56 Å². The number of amides is 3. The number of nitrogens with one attached hydrogen (secondary N) is 1. The standard InChI is InChI=1S/C24H24N2O5/c1-14-7-12-17-18(13-14)24(29)26(23(17)28)16-10-8-15(9-11-16)22(27)25-19-5-4-6-20(30-2)21(19)31-3/h4-11,17-18H,12-13H2,1-3H3,(H,25,27)/t17-,18+/m0/s1. The zero-order valence-corrected chi connectivity index (χ0v) is 17.7. The number of allylic oxidation sites excluding steroid dienone is 2. The molecule has 0 bridgehead atoms. The molecule has 3 amide bonds. The van der Waals surface area contributed by atoms with E-state index in [1.165, 1.54) is 19.1 Å². The average Bonchev–Trinajstić information content (AvgIpc) is 3.02. The average molecular weight is 420 g/mol. The second-order valence-corrected chi connectivity index (χ2v) is 7.76. The van der Waals surface area contributed by atoms with Crippen molar-refractivity contribution in [3.8, 4) is 11.5 Å². The number of carbonyl (C=O) groups is 3. The lowest BCUT2D eigenvalue weighted by Gasteiger charge is -2.18. The van der Waals surface area contributed by atoms with Gasteiger partial charge >= 0.3 is 0 Å². The first-order valence-electron chi connectivity index (χ1n) is 10.1. The summed E-state index contributed by atoms with van der Waals surface area (Å²) >= 11 is 0. The van der Waals surface area contributed by atoms with Crippen LogP contribution in [-0.4, -0.2) is 31.9 Å². The van der Waals surface area contributed by atoms with Gasteiger partial charge in [-0.2, -0.15) is 0 Å². The van der Waals surface area contributed by atoms with Crippen molar-refractivity contribution in [2.24, 2.45) is 11.8 Å². The number of rotatable bonds is 5. The predicted octanol–water partition coefficient (Wildman–Crippen LogP) is 3.80. The summed E-state index contributed by atoms with van der Waals surface area (Å²) < 4.78 is 10.6. The maximum absolute atomic E-state index is 12.9. The van der Waals surface area contributed by atoms with Crippen LogP contribution in [-0.2, 0) is 9.59 Å². The summed E-state index contributed by atoms with van der Waals surface area (Å²) in [6.45, 7) is 1.99. The molecule has 2 aromatic carbocycles. The predicted molar refractivity (Wildman–Crippen MR) is 116 cm³/mol. The molecule has 0 saturated carbocycles. The van der Waals surface area contributed by atoms with E-state index < -0.39 is 0 Å². The topological polar surface area (TPSA) is 84.9 Å². The van der Waals surface area contributed by atoms with Gasteiger partial charge in [-0.05, 0) is 56.2 Å². The second kappa shape index (κ2) is 8.26. The van der Waals surface area contributed by atoms with E-state index >= 15 is 0 Å². The number of anilines is 2. The van der Waals surface area contributed by atoms with Gasteiger partial charge in [0.15, 0.2) is 11.5 Å². The Morgan fingerprint density at radius 3 is 2.39 bits per heavy atom. The van der Waals surface area contributed by atoms with Crippen molar-refractivity contribution in [3.05, 3.63) is 59.7 Å². The number of methoxy groups -OCH3 is 2. The summed E-state index contributed by atoms with van der Waals surface area (Å²) in [5.74, 6) is -0.327. The lowest BCUT2D eigenvalue weighted by molar-refractivity contribution is -0.122. The number of hydrogen-bond donors (Lipinski definition) is 1. The fraction of sp³-hybridized carbons (Fsp3) is 0.292. The van der Waals surface area contributed by atoms with Gasteiger partial charge in [0.2, 0.25) is 11.8 Å². The monoisotopic (exact) mass is 420 g/mol. The molecule has 2 atom stereocenters. The Bertz CT molecular complexity index is 1070. The highest BCUT2D eigenvalue weighted by Crippen LogP contribution is 2.40. The van der Waals surface area contributed by atoms with E-state index in [0.717, 1.165) is 5.57 Å². The number of hydrogen-bond acceptors (Lipinski definition) is 5. The van der Waals surface area contributed by atoms with Crippen molar-refractivity contribution in [2.45, 2.75) is 19.8 Å². The van der Waals surface area contributed by atoms with Gasteiger partial charge in [-0.15, -0.1) is 0 Å². The van der Waals surface area contributed by atoms with Crippen LogP contribution in [0.25, 0.3) is 0 Å². The molecule has 1 aliphatic carbocycles. The lowest BCUT2D eigenvalue weighted by Crippen LogP contribution is -2.30. The first-order valence-corrected chi connectivity index (χ1v) is 10.1. The van der Waals surface area contributed by atoms with Crippen LogP contribution in [0.2, 0.25) is 0 Å². The highest BCUT2D eigenvalue weighted by molar-refractivity contribution is 6.22. The largest absolute Gasteiger partial charge is 0.493 e. The third-order valence-corrected chi connectivity index (χ3v) is 5.86. The van der Waals surface area contributed by atoms with Gasteiger partial charge in [-0.3, -0.25) is 19.3 Å². The zero-order chi connectivity index (χ0) is 22.1. The molecule has 0 radical (unpaired) electrons. The number of fused-ring (bicyclic) bond motifs is 1. The smallest absolute Gasteiger partial charge is 0.255 e. The second-order valence-electron chi connectivity index (χ2n) is 7.76. The van der Waals surface area contributed by atoms with Crippen LogP contribution in [0.3, 0.4) is 0 Å². The number of ether oxygens (including phenoxy) is 2. The Hall–Kier alpha value is -3.61. The van der Waals surface area contributed by atoms with Gasteiger partial charge < -0.3 is 14.8 Å². The number of imide groups is 1. The van der Waals surface area contributed by atoms with Crippen molar-refractivity contribution in [1.82, 2.24) is 0 Å². The van der Waals surface area contributed by atoms with E-state index in [1.807, 2.05) is 13.0 Å². The molecule has 7 heteroatoms. The van der Waals surface area contributed by atoms with Crippen molar-refractivity contribution >= 4 is 29.1 Å². The number of para-hydroxylation sites is 1. The summed E-state index contributed by atoms with van der Waals surface area (Å²) in [4.78, 5) is 39.7. The minimum atomic E-state index is -0.342. The number of benzene rings is 2. The fourth-order valence-electron chi connectivity index (χ4n) is 4.23. The molecule has 31 heavy (non-hydrogen) atoms. The molecule has 2 aliphatic rings. The zero-order valence-electron chi connectivity index (χ0n) is 17.7. The first-order chi connectivity index (χ1) is 14.9. The molecule has 7 nitrogen and oxygen atoms in total. The fourth-order valence-corrected chi connectivity index (χ4v) is 4.23. The van der Waals surface area contributed by atoms with Gasteiger partial charge in [-0.25, -0.2) is 0 Å². The molecule has 1 fully saturated rings. The molecule has 4 rings (SSSR count). The Kier molecular flexibility index (Phi) is 5.50. The minimum Gasteiger partial charge on any atom is -0.493 e. The van der Waals surface area contributed by atoms with E-state index in [2.05, 4.69) is 5.32 Å². The van der Waals surface area contributed by atoms with Gasteiger partial charge in [0.05, 0.1) is 37.4 Å². The Morgan fingerprint density at radius 1 is 1.00 bits per heavy atom. The molecular weight excluding hydrogens is 396 g/mol. The van der Waals surface area contributed by atoms with Crippen molar-refractivity contribution in [3.63, 3.8) is 0 Å². The van der Waals surface area contributed by atoms with Crippen LogP contribution in [0.15, 0.2) is 54.1 Å². The van der Waals surface area contributed by atoms with E-state index in [0.29, 0.717) is 41.3 Å². The van der Waals surface area contributed by atoms with Crippen LogP contribution in [0.1, 0.15) is 30.1 Å². The molecule has 1 heterocycles. The maximum atomic E-state index is 12.9. The molecular formula is C24H24N2O5. The number of carbonyl (C=O) groups excluding carboxylic acids is 3. The molecule has 160 valence electrons. The molecule has 0 unspecified atom stereocenters. The van der Waals surface area contributed by atoms with Crippen molar-refractivity contribution in [2.75, 3.05) is 24.4 Å². The Balaban J connectivity index is 1.52. The van der Waals surface area contributed by atoms with Gasteiger partial charge in [0.25, 0.3) is 5.91 Å². The molecule has 1 N–H and O–H groups in total. The van der Waals surface area contributed by atoms with Crippen LogP contribution in [0.5, 0.6) is 11.5 Å². The highest BCUT2D eigenvalue weighted by atomic mass is 16.5. The highest BCUT2D eigenvalue weighted by Gasteiger charge is 2.48. The minimum absolute atomic E-state index is 0.166. The maximum Gasteiger partial charge on any atom is 0.255 e. The molecule has 1 saturated heterocycles. The Morgan fingerprint density at radius 2 is 1.71 bits per heavy atom. The van der Waals surface area contributed by atoms with Gasteiger partial charge in [0.1, 0.15) is 0 Å². The Labute approximate surface area is 180 Å². The van der Waals surface area contributed by atoms with E-state index in [9.17, 15) is 14.4 Å². The molecule has 0 aromatic heterocycles.